The van der Waals surface area contributed by atoms with Crippen LogP contribution in [-0.4, -0.2) is 38.4 Å². The first-order chi connectivity index (χ1) is 14.2. The number of methoxy groups -OCH3 is 1. The minimum atomic E-state index is -0.363. The van der Waals surface area contributed by atoms with E-state index in [-0.39, 0.29) is 18.1 Å². The fourth-order valence-corrected chi connectivity index (χ4v) is 3.98. The number of rotatable bonds is 6. The van der Waals surface area contributed by atoms with E-state index >= 15 is 0 Å². The Morgan fingerprint density at radius 2 is 2.13 bits per heavy atom. The van der Waals surface area contributed by atoms with Crippen molar-refractivity contribution in [2.45, 2.75) is 38.6 Å². The van der Waals surface area contributed by atoms with Crippen LogP contribution in [0.1, 0.15) is 44.2 Å². The Bertz CT molecular complexity index is 959. The van der Waals surface area contributed by atoms with Gasteiger partial charge in [-0.25, -0.2) is 5.43 Å². The van der Waals surface area contributed by atoms with E-state index in [1.807, 2.05) is 6.07 Å². The van der Waals surface area contributed by atoms with Gasteiger partial charge in [0.05, 0.1) is 13.3 Å². The number of halogens is 1. The highest BCUT2D eigenvalue weighted by Crippen LogP contribution is 2.44. The minimum absolute atomic E-state index is 0.0734. The Labute approximate surface area is 182 Å². The summed E-state index contributed by atoms with van der Waals surface area (Å²) in [6, 6.07) is 11.0. The predicted octanol–water partition coefficient (Wildman–Crippen LogP) is 4.60. The zero-order chi connectivity index (χ0) is 21.9. The van der Waals surface area contributed by atoms with Gasteiger partial charge in [-0.05, 0) is 56.0 Å². The van der Waals surface area contributed by atoms with Crippen molar-refractivity contribution in [1.29, 1.82) is 0 Å². The van der Waals surface area contributed by atoms with E-state index in [0.29, 0.717) is 22.4 Å². The van der Waals surface area contributed by atoms with Crippen LogP contribution < -0.4 is 19.8 Å². The summed E-state index contributed by atoms with van der Waals surface area (Å²) in [4.78, 5) is 14.3. The minimum Gasteiger partial charge on any atom is -0.496 e. The Hall–Kier alpha value is -2.73. The molecule has 1 heterocycles. The zero-order valence-corrected chi connectivity index (χ0v) is 18.8. The number of nitrogens with zero attached hydrogens (tertiary/aromatic N) is 2. The van der Waals surface area contributed by atoms with Gasteiger partial charge in [0.2, 0.25) is 0 Å². The molecule has 0 radical (unpaired) electrons. The van der Waals surface area contributed by atoms with Crippen molar-refractivity contribution >= 4 is 29.4 Å². The second kappa shape index (κ2) is 8.96. The first-order valence-corrected chi connectivity index (χ1v) is 10.2. The number of carbonyl (C=O) groups excluding carboxylic acids is 1. The molecule has 7 heteroatoms. The largest absolute Gasteiger partial charge is 0.496 e. The van der Waals surface area contributed by atoms with Crippen LogP contribution in [0.4, 0.5) is 5.69 Å². The van der Waals surface area contributed by atoms with Crippen molar-refractivity contribution in [2.75, 3.05) is 25.7 Å². The Morgan fingerprint density at radius 3 is 2.83 bits per heavy atom. The average Bonchev–Trinajstić information content (AvgIpc) is 2.70. The molecule has 0 bridgehead atoms. The van der Waals surface area contributed by atoms with Crippen LogP contribution in [0.3, 0.4) is 0 Å². The van der Waals surface area contributed by atoms with Crippen molar-refractivity contribution in [3.63, 3.8) is 0 Å². The van der Waals surface area contributed by atoms with E-state index in [1.54, 1.807) is 37.6 Å². The molecule has 0 saturated carbocycles. The fraction of sp³-hybridized carbons (Fsp3) is 0.391. The summed E-state index contributed by atoms with van der Waals surface area (Å²) in [6.45, 7) is 6.57. The lowest BCUT2D eigenvalue weighted by atomic mass is 9.80. The number of hydrogen-bond donors (Lipinski definition) is 1. The number of carbonyl (C=O) groups is 1. The second-order valence-electron chi connectivity index (χ2n) is 8.17. The number of ether oxygens (including phenoxy) is 2. The van der Waals surface area contributed by atoms with Gasteiger partial charge in [-0.15, -0.1) is 0 Å². The number of hydrogen-bond acceptors (Lipinski definition) is 5. The highest BCUT2D eigenvalue weighted by Gasteiger charge is 2.34. The van der Waals surface area contributed by atoms with E-state index in [4.69, 9.17) is 21.1 Å². The van der Waals surface area contributed by atoms with Gasteiger partial charge < -0.3 is 14.4 Å². The monoisotopic (exact) mass is 429 g/mol. The maximum Gasteiger partial charge on any atom is 0.277 e. The van der Waals surface area contributed by atoms with Gasteiger partial charge in [-0.1, -0.05) is 24.6 Å². The van der Waals surface area contributed by atoms with Gasteiger partial charge in [0.15, 0.2) is 6.61 Å². The van der Waals surface area contributed by atoms with Crippen molar-refractivity contribution in [3.8, 4) is 11.5 Å². The van der Waals surface area contributed by atoms with Gasteiger partial charge in [-0.3, -0.25) is 4.79 Å². The SMILES string of the molecule is COc1cc2c(cc1/C=N/NC(=O)COc1cccc(Cl)c1)C(C)CC(C)(C)N2C. The summed E-state index contributed by atoms with van der Waals surface area (Å²) < 4.78 is 11.0. The molecule has 2 aromatic rings. The molecule has 0 aromatic heterocycles. The summed E-state index contributed by atoms with van der Waals surface area (Å²) in [7, 11) is 3.74. The summed E-state index contributed by atoms with van der Waals surface area (Å²) in [5.74, 6) is 1.28. The second-order valence-corrected chi connectivity index (χ2v) is 8.61. The number of anilines is 1. The first-order valence-electron chi connectivity index (χ1n) is 9.87. The van der Waals surface area contributed by atoms with E-state index in [2.05, 4.69) is 49.3 Å². The standard InChI is InChI=1S/C23H28ClN3O3/c1-15-12-23(2,3)27(4)20-11-21(29-5)16(9-19(15)20)13-25-26-22(28)14-30-18-8-6-7-17(24)10-18/h6-11,13,15H,12,14H2,1-5H3,(H,26,28)/b25-13+. The molecule has 0 saturated heterocycles. The van der Waals surface area contributed by atoms with Crippen molar-refractivity contribution in [3.05, 3.63) is 52.5 Å². The molecule has 1 aliphatic heterocycles. The quantitative estimate of drug-likeness (QED) is 0.538. The van der Waals surface area contributed by atoms with E-state index in [0.717, 1.165) is 17.7 Å². The molecular weight excluding hydrogens is 402 g/mol. The van der Waals surface area contributed by atoms with Gasteiger partial charge in [0.1, 0.15) is 11.5 Å². The molecule has 2 aromatic carbocycles. The summed E-state index contributed by atoms with van der Waals surface area (Å²) >= 11 is 5.91. The lowest BCUT2D eigenvalue weighted by Crippen LogP contribution is -2.45. The van der Waals surface area contributed by atoms with Crippen LogP contribution in [0.25, 0.3) is 0 Å². The van der Waals surface area contributed by atoms with Gasteiger partial charge in [0.25, 0.3) is 5.91 Å². The topological polar surface area (TPSA) is 63.2 Å². The number of amides is 1. The highest BCUT2D eigenvalue weighted by atomic mass is 35.5. The van der Waals surface area contributed by atoms with Crippen molar-refractivity contribution < 1.29 is 14.3 Å². The first kappa shape index (κ1) is 22.0. The number of nitrogens with one attached hydrogen (secondary N) is 1. The summed E-state index contributed by atoms with van der Waals surface area (Å²) in [5.41, 5.74) is 5.78. The van der Waals surface area contributed by atoms with Crippen LogP contribution in [0.15, 0.2) is 41.5 Å². The molecule has 160 valence electrons. The zero-order valence-electron chi connectivity index (χ0n) is 18.0. The molecule has 1 unspecified atom stereocenters. The third-order valence-electron chi connectivity index (χ3n) is 5.54. The van der Waals surface area contributed by atoms with Gasteiger partial charge in [-0.2, -0.15) is 5.10 Å². The molecule has 0 aliphatic carbocycles. The smallest absolute Gasteiger partial charge is 0.277 e. The molecule has 1 atom stereocenters. The third-order valence-corrected chi connectivity index (χ3v) is 5.78. The lowest BCUT2D eigenvalue weighted by molar-refractivity contribution is -0.123. The highest BCUT2D eigenvalue weighted by molar-refractivity contribution is 6.30. The Kier molecular flexibility index (Phi) is 6.56. The normalized spacial score (nSPS) is 17.5. The van der Waals surface area contributed by atoms with E-state index in [1.165, 1.54) is 5.56 Å². The Morgan fingerprint density at radius 1 is 1.37 bits per heavy atom. The van der Waals surface area contributed by atoms with Crippen LogP contribution in [0.2, 0.25) is 5.02 Å². The van der Waals surface area contributed by atoms with Crippen molar-refractivity contribution in [2.24, 2.45) is 5.10 Å². The fourth-order valence-electron chi connectivity index (χ4n) is 3.80. The van der Waals surface area contributed by atoms with E-state index < -0.39 is 0 Å². The molecule has 6 nitrogen and oxygen atoms in total. The maximum atomic E-state index is 12.0. The summed E-state index contributed by atoms with van der Waals surface area (Å²) in [5, 5.41) is 4.63. The number of benzene rings is 2. The molecule has 1 aliphatic rings. The summed E-state index contributed by atoms with van der Waals surface area (Å²) in [6.07, 6.45) is 2.65. The maximum absolute atomic E-state index is 12.0. The Balaban J connectivity index is 1.69. The average molecular weight is 430 g/mol. The van der Waals surface area contributed by atoms with Crippen LogP contribution in [-0.2, 0) is 4.79 Å². The molecule has 1 amide bonds. The molecule has 1 N–H and O–H groups in total. The lowest BCUT2D eigenvalue weighted by Gasteiger charge is -2.45. The van der Waals surface area contributed by atoms with E-state index in [9.17, 15) is 4.79 Å². The molecular formula is C23H28ClN3O3. The third kappa shape index (κ3) is 4.87. The van der Waals surface area contributed by atoms with Gasteiger partial charge in [0, 0.05) is 34.9 Å². The molecule has 0 fully saturated rings. The van der Waals surface area contributed by atoms with Crippen molar-refractivity contribution in [1.82, 2.24) is 5.43 Å². The molecule has 0 spiro atoms. The van der Waals surface area contributed by atoms with Crippen LogP contribution in [0, 0.1) is 0 Å². The molecule has 30 heavy (non-hydrogen) atoms. The number of fused-ring (bicyclic) bond motifs is 1. The number of hydrazone groups is 1. The van der Waals surface area contributed by atoms with Gasteiger partial charge >= 0.3 is 0 Å². The van der Waals surface area contributed by atoms with Crippen LogP contribution >= 0.6 is 11.6 Å². The van der Waals surface area contributed by atoms with Crippen LogP contribution in [0.5, 0.6) is 11.5 Å². The predicted molar refractivity (Wildman–Crippen MR) is 121 cm³/mol. The molecule has 3 rings (SSSR count).